The summed E-state index contributed by atoms with van der Waals surface area (Å²) in [4.78, 5) is 28.2. The van der Waals surface area contributed by atoms with Gasteiger partial charge in [-0.3, -0.25) is 14.9 Å². The Morgan fingerprint density at radius 1 is 1.08 bits per heavy atom. The number of nitro benzene ring substituents is 1. The minimum absolute atomic E-state index is 0.00456. The molecular formula is C26H23BrN4O5. The van der Waals surface area contributed by atoms with E-state index in [9.17, 15) is 14.9 Å². The highest BCUT2D eigenvalue weighted by Crippen LogP contribution is 2.29. The number of nitro groups is 1. The lowest BCUT2D eigenvalue weighted by molar-refractivity contribution is -0.384. The molecule has 4 aromatic rings. The molecule has 10 heteroatoms. The Morgan fingerprint density at radius 3 is 2.67 bits per heavy atom. The van der Waals surface area contributed by atoms with E-state index in [1.807, 2.05) is 19.9 Å². The molecular weight excluding hydrogens is 528 g/mol. The van der Waals surface area contributed by atoms with Crippen LogP contribution in [-0.4, -0.2) is 27.4 Å². The van der Waals surface area contributed by atoms with Crippen LogP contribution < -0.4 is 15.0 Å². The Kier molecular flexibility index (Phi) is 7.74. The van der Waals surface area contributed by atoms with E-state index in [1.165, 1.54) is 16.8 Å². The summed E-state index contributed by atoms with van der Waals surface area (Å²) in [6.07, 6.45) is 2.10. The molecule has 0 atom stereocenters. The summed E-state index contributed by atoms with van der Waals surface area (Å²) in [5.74, 6) is 1.53. The molecule has 0 unspecified atom stereocenters. The summed E-state index contributed by atoms with van der Waals surface area (Å²) >= 11 is 3.40. The summed E-state index contributed by atoms with van der Waals surface area (Å²) in [6, 6.07) is 16.9. The van der Waals surface area contributed by atoms with Gasteiger partial charge in [0.2, 0.25) is 0 Å². The number of rotatable bonds is 9. The molecule has 4 rings (SSSR count). The SMILES string of the molecule is CCOc1cc(C=Nn2c(CC)nc3ccc(Br)cc3c2=O)ccc1OCc1cccc([N+](=O)[O-])c1. The summed E-state index contributed by atoms with van der Waals surface area (Å²) in [5.41, 5.74) is 1.74. The second-order valence-electron chi connectivity index (χ2n) is 7.76. The van der Waals surface area contributed by atoms with Crippen molar-refractivity contribution in [3.05, 3.63) is 103 Å². The largest absolute Gasteiger partial charge is 0.490 e. The van der Waals surface area contributed by atoms with E-state index in [-0.39, 0.29) is 17.9 Å². The predicted molar refractivity (Wildman–Crippen MR) is 141 cm³/mol. The first-order valence-electron chi connectivity index (χ1n) is 11.3. The van der Waals surface area contributed by atoms with Crippen molar-refractivity contribution in [1.82, 2.24) is 9.66 Å². The molecule has 0 saturated heterocycles. The maximum Gasteiger partial charge on any atom is 0.282 e. The molecule has 184 valence electrons. The van der Waals surface area contributed by atoms with Gasteiger partial charge >= 0.3 is 0 Å². The van der Waals surface area contributed by atoms with Crippen LogP contribution in [0.15, 0.2) is 75.0 Å². The number of fused-ring (bicyclic) bond motifs is 1. The van der Waals surface area contributed by atoms with Gasteiger partial charge in [-0.1, -0.05) is 35.0 Å². The molecule has 1 heterocycles. The van der Waals surface area contributed by atoms with Crippen LogP contribution in [0.5, 0.6) is 11.5 Å². The number of aryl methyl sites for hydroxylation is 1. The Balaban J connectivity index is 1.61. The van der Waals surface area contributed by atoms with E-state index in [0.717, 1.165) is 4.47 Å². The zero-order chi connectivity index (χ0) is 25.7. The van der Waals surface area contributed by atoms with Crippen LogP contribution in [0.4, 0.5) is 5.69 Å². The summed E-state index contributed by atoms with van der Waals surface area (Å²) in [7, 11) is 0. The summed E-state index contributed by atoms with van der Waals surface area (Å²) in [6.45, 7) is 4.33. The molecule has 0 amide bonds. The van der Waals surface area contributed by atoms with Gasteiger partial charge in [-0.25, -0.2) is 4.98 Å². The van der Waals surface area contributed by atoms with Crippen LogP contribution in [0.2, 0.25) is 0 Å². The Hall–Kier alpha value is -4.05. The average molecular weight is 551 g/mol. The Morgan fingerprint density at radius 2 is 1.92 bits per heavy atom. The van der Waals surface area contributed by atoms with Gasteiger partial charge in [0.25, 0.3) is 11.2 Å². The molecule has 0 aliphatic heterocycles. The minimum atomic E-state index is -0.442. The van der Waals surface area contributed by atoms with E-state index >= 15 is 0 Å². The summed E-state index contributed by atoms with van der Waals surface area (Å²) in [5, 5.41) is 15.9. The fourth-order valence-corrected chi connectivity index (χ4v) is 3.94. The van der Waals surface area contributed by atoms with Crippen molar-refractivity contribution in [1.29, 1.82) is 0 Å². The third-order valence-corrected chi connectivity index (χ3v) is 5.79. The van der Waals surface area contributed by atoms with Gasteiger partial charge in [-0.15, -0.1) is 0 Å². The second-order valence-corrected chi connectivity index (χ2v) is 8.68. The quantitative estimate of drug-likeness (QED) is 0.155. The second kappa shape index (κ2) is 11.1. The Labute approximate surface area is 215 Å². The fourth-order valence-electron chi connectivity index (χ4n) is 3.58. The first-order valence-corrected chi connectivity index (χ1v) is 12.1. The molecule has 0 bridgehead atoms. The van der Waals surface area contributed by atoms with Gasteiger partial charge in [0.15, 0.2) is 11.5 Å². The number of halogens is 1. The monoisotopic (exact) mass is 550 g/mol. The first kappa shape index (κ1) is 25.1. The smallest absolute Gasteiger partial charge is 0.282 e. The topological polar surface area (TPSA) is 109 Å². The molecule has 0 aliphatic rings. The number of hydrogen-bond donors (Lipinski definition) is 0. The zero-order valence-electron chi connectivity index (χ0n) is 19.7. The maximum absolute atomic E-state index is 13.1. The molecule has 9 nitrogen and oxygen atoms in total. The van der Waals surface area contributed by atoms with Crippen molar-refractivity contribution in [3.63, 3.8) is 0 Å². The van der Waals surface area contributed by atoms with E-state index < -0.39 is 4.92 Å². The Bertz CT molecular complexity index is 1520. The highest BCUT2D eigenvalue weighted by atomic mass is 79.9. The van der Waals surface area contributed by atoms with Crippen LogP contribution in [0.3, 0.4) is 0 Å². The van der Waals surface area contributed by atoms with E-state index in [0.29, 0.717) is 52.4 Å². The van der Waals surface area contributed by atoms with E-state index in [1.54, 1.807) is 48.7 Å². The van der Waals surface area contributed by atoms with Crippen molar-refractivity contribution in [3.8, 4) is 11.5 Å². The van der Waals surface area contributed by atoms with Crippen molar-refractivity contribution >= 4 is 38.7 Å². The van der Waals surface area contributed by atoms with Crippen molar-refractivity contribution < 1.29 is 14.4 Å². The standard InChI is InChI=1S/C26H23BrN4O5/c1-3-25-29-22-10-9-19(27)14-21(22)26(32)30(25)28-15-17-8-11-23(24(13-17)35-4-2)36-16-18-6-5-7-20(12-18)31(33)34/h5-15H,3-4,16H2,1-2H3. The zero-order valence-corrected chi connectivity index (χ0v) is 21.3. The average Bonchev–Trinajstić information content (AvgIpc) is 2.88. The predicted octanol–water partition coefficient (Wildman–Crippen LogP) is 5.49. The minimum Gasteiger partial charge on any atom is -0.490 e. The van der Waals surface area contributed by atoms with Crippen LogP contribution in [0.25, 0.3) is 10.9 Å². The molecule has 1 aromatic heterocycles. The third kappa shape index (κ3) is 5.60. The van der Waals surface area contributed by atoms with E-state index in [4.69, 9.17) is 9.47 Å². The van der Waals surface area contributed by atoms with Crippen molar-refractivity contribution in [2.75, 3.05) is 6.61 Å². The van der Waals surface area contributed by atoms with Crippen LogP contribution in [0, 0.1) is 10.1 Å². The highest BCUT2D eigenvalue weighted by molar-refractivity contribution is 9.10. The van der Waals surface area contributed by atoms with Gasteiger partial charge in [0.05, 0.1) is 28.6 Å². The molecule has 0 fully saturated rings. The number of ether oxygens (including phenoxy) is 2. The van der Waals surface area contributed by atoms with Crippen molar-refractivity contribution in [2.45, 2.75) is 26.9 Å². The van der Waals surface area contributed by atoms with Gasteiger partial charge in [0.1, 0.15) is 12.4 Å². The lowest BCUT2D eigenvalue weighted by Crippen LogP contribution is -2.22. The van der Waals surface area contributed by atoms with Gasteiger partial charge in [0, 0.05) is 23.0 Å². The first-order chi connectivity index (χ1) is 17.4. The molecule has 0 saturated carbocycles. The van der Waals surface area contributed by atoms with Crippen LogP contribution >= 0.6 is 15.9 Å². The number of nitrogens with zero attached hydrogens (tertiary/aromatic N) is 4. The maximum atomic E-state index is 13.1. The molecule has 36 heavy (non-hydrogen) atoms. The fraction of sp³-hybridized carbons (Fsp3) is 0.192. The molecule has 0 aliphatic carbocycles. The van der Waals surface area contributed by atoms with Crippen LogP contribution in [-0.2, 0) is 13.0 Å². The highest BCUT2D eigenvalue weighted by Gasteiger charge is 2.11. The molecule has 3 aromatic carbocycles. The number of hydrogen-bond acceptors (Lipinski definition) is 7. The number of non-ortho nitro benzene ring substituents is 1. The lowest BCUT2D eigenvalue weighted by atomic mass is 10.2. The normalized spacial score (nSPS) is 11.2. The third-order valence-electron chi connectivity index (χ3n) is 5.30. The molecule has 0 N–H and O–H groups in total. The van der Waals surface area contributed by atoms with Gasteiger partial charge < -0.3 is 9.47 Å². The number of aromatic nitrogens is 2. The number of benzene rings is 3. The molecule has 0 radical (unpaired) electrons. The lowest BCUT2D eigenvalue weighted by Gasteiger charge is -2.13. The van der Waals surface area contributed by atoms with Crippen LogP contribution in [0.1, 0.15) is 30.8 Å². The molecule has 0 spiro atoms. The van der Waals surface area contributed by atoms with Crippen molar-refractivity contribution in [2.24, 2.45) is 5.10 Å². The summed E-state index contributed by atoms with van der Waals surface area (Å²) < 4.78 is 13.7. The van der Waals surface area contributed by atoms with Gasteiger partial charge in [-0.2, -0.15) is 9.78 Å². The van der Waals surface area contributed by atoms with E-state index in [2.05, 4.69) is 26.0 Å². The van der Waals surface area contributed by atoms with Gasteiger partial charge in [-0.05, 0) is 54.4 Å².